The molecule has 0 unspecified atom stereocenters. The lowest BCUT2D eigenvalue weighted by Crippen LogP contribution is -3.00. The maximum absolute atomic E-state index is 2.30. The van der Waals surface area contributed by atoms with Crippen molar-refractivity contribution >= 4 is 0 Å². The number of halogens is 1. The van der Waals surface area contributed by atoms with Gasteiger partial charge in [-0.05, 0) is 6.42 Å². The number of rotatable bonds is 18. The van der Waals surface area contributed by atoms with Gasteiger partial charge in [-0.25, -0.2) is 4.57 Å². The minimum absolute atomic E-state index is 0. The van der Waals surface area contributed by atoms with Crippen LogP contribution in [0.5, 0.6) is 0 Å². The molecule has 0 saturated heterocycles. The number of hydrogen-bond donors (Lipinski definition) is 0. The van der Waals surface area contributed by atoms with Crippen LogP contribution in [0.1, 0.15) is 116 Å². The van der Waals surface area contributed by atoms with Crippen molar-refractivity contribution < 1.29 is 21.5 Å². The third kappa shape index (κ3) is 17.1. The maximum atomic E-state index is 2.30. The predicted octanol–water partition coefficient (Wildman–Crippen LogP) is 4.63. The van der Waals surface area contributed by atoms with Gasteiger partial charge in [0, 0.05) is 18.6 Å². The summed E-state index contributed by atoms with van der Waals surface area (Å²) in [6.45, 7) is 3.48. The molecule has 1 nitrogen and oxygen atoms in total. The van der Waals surface area contributed by atoms with E-state index < -0.39 is 0 Å². The highest BCUT2D eigenvalue weighted by Gasteiger charge is 1.98. The monoisotopic (exact) mass is 425 g/mol. The normalized spacial score (nSPS) is 10.7. The fourth-order valence-corrected chi connectivity index (χ4v) is 3.60. The number of hydrogen-bond acceptors (Lipinski definition) is 0. The number of nitrogens with zero attached hydrogens (tertiary/aromatic N) is 1. The lowest BCUT2D eigenvalue weighted by Gasteiger charge is -2.03. The summed E-state index contributed by atoms with van der Waals surface area (Å²) in [5, 5.41) is 0. The third-order valence-electron chi connectivity index (χ3n) is 5.30. The first-order valence-corrected chi connectivity index (χ1v) is 11.4. The Balaban J connectivity index is 0.00000625. The van der Waals surface area contributed by atoms with Crippen molar-refractivity contribution in [2.45, 2.75) is 123 Å². The van der Waals surface area contributed by atoms with E-state index in [2.05, 4.69) is 42.1 Å². The molecule has 0 amide bonds. The maximum Gasteiger partial charge on any atom is 0.168 e. The number of aryl methyl sites for hydroxylation is 1. The van der Waals surface area contributed by atoms with Crippen LogP contribution in [0.15, 0.2) is 30.6 Å². The van der Waals surface area contributed by atoms with Gasteiger partial charge in [0.15, 0.2) is 12.4 Å². The molecule has 0 radical (unpaired) electrons. The summed E-state index contributed by atoms with van der Waals surface area (Å²) in [4.78, 5) is 0. The molecule has 0 bridgehead atoms. The van der Waals surface area contributed by atoms with Gasteiger partial charge in [-0.3, -0.25) is 0 Å². The summed E-state index contributed by atoms with van der Waals surface area (Å²) in [5.41, 5.74) is 0. The first kappa shape index (κ1) is 25.6. The summed E-state index contributed by atoms with van der Waals surface area (Å²) in [5.74, 6) is 0. The largest absolute Gasteiger partial charge is 1.00 e. The van der Waals surface area contributed by atoms with Gasteiger partial charge in [0.05, 0.1) is 0 Å². The van der Waals surface area contributed by atoms with Gasteiger partial charge < -0.3 is 17.0 Å². The third-order valence-corrected chi connectivity index (χ3v) is 5.30. The van der Waals surface area contributed by atoms with Crippen LogP contribution in [0, 0.1) is 0 Å². The zero-order valence-corrected chi connectivity index (χ0v) is 19.0. The molecule has 0 atom stereocenters. The minimum atomic E-state index is 0. The van der Waals surface area contributed by atoms with Crippen LogP contribution in [-0.4, -0.2) is 0 Å². The number of pyridine rings is 1. The molecule has 0 fully saturated rings. The van der Waals surface area contributed by atoms with Crippen LogP contribution in [-0.2, 0) is 6.54 Å². The molecule has 0 aliphatic heterocycles. The molecule has 1 aromatic heterocycles. The van der Waals surface area contributed by atoms with Gasteiger partial charge >= 0.3 is 0 Å². The van der Waals surface area contributed by atoms with Crippen LogP contribution < -0.4 is 21.5 Å². The highest BCUT2D eigenvalue weighted by Crippen LogP contribution is 2.13. The smallest absolute Gasteiger partial charge is 0.168 e. The Morgan fingerprint density at radius 1 is 0.462 bits per heavy atom. The highest BCUT2D eigenvalue weighted by atomic mass is 79.9. The molecule has 0 aliphatic rings. The lowest BCUT2D eigenvalue weighted by molar-refractivity contribution is -0.697. The molecular formula is C24H44BrN. The van der Waals surface area contributed by atoms with Crippen LogP contribution in [0.2, 0.25) is 0 Å². The predicted molar refractivity (Wildman–Crippen MR) is 111 cm³/mol. The van der Waals surface area contributed by atoms with Gasteiger partial charge in [0.2, 0.25) is 0 Å². The Hall–Kier alpha value is -0.370. The Morgan fingerprint density at radius 2 is 0.808 bits per heavy atom. The topological polar surface area (TPSA) is 3.88 Å². The molecule has 0 spiro atoms. The van der Waals surface area contributed by atoms with E-state index in [9.17, 15) is 0 Å². The number of aromatic nitrogens is 1. The van der Waals surface area contributed by atoms with Crippen LogP contribution in [0.3, 0.4) is 0 Å². The Labute approximate surface area is 174 Å². The molecule has 1 heterocycles. The Bertz CT molecular complexity index is 366. The molecule has 0 aliphatic carbocycles. The van der Waals surface area contributed by atoms with E-state index >= 15 is 0 Å². The minimum Gasteiger partial charge on any atom is -1.00 e. The summed E-state index contributed by atoms with van der Waals surface area (Å²) in [6.07, 6.45) is 28.9. The molecule has 2 heteroatoms. The van der Waals surface area contributed by atoms with Crippen molar-refractivity contribution in [3.05, 3.63) is 30.6 Å². The Morgan fingerprint density at radius 3 is 1.19 bits per heavy atom. The van der Waals surface area contributed by atoms with Crippen molar-refractivity contribution in [1.82, 2.24) is 0 Å². The highest BCUT2D eigenvalue weighted by molar-refractivity contribution is 4.83. The van der Waals surface area contributed by atoms with Crippen LogP contribution in [0.4, 0.5) is 0 Å². The van der Waals surface area contributed by atoms with Crippen molar-refractivity contribution in [2.24, 2.45) is 0 Å². The molecule has 26 heavy (non-hydrogen) atoms. The number of unbranched alkanes of at least 4 members (excludes halogenated alkanes) is 16. The van der Waals surface area contributed by atoms with Crippen molar-refractivity contribution in [3.8, 4) is 0 Å². The van der Waals surface area contributed by atoms with Gasteiger partial charge in [0.25, 0.3) is 0 Å². The van der Waals surface area contributed by atoms with E-state index in [4.69, 9.17) is 0 Å². The SMILES string of the molecule is CCCCCCCCCCCCCCCCCCC[n+]1ccccc1.[Br-]. The van der Waals surface area contributed by atoms with Crippen molar-refractivity contribution in [1.29, 1.82) is 0 Å². The lowest BCUT2D eigenvalue weighted by atomic mass is 10.0. The van der Waals surface area contributed by atoms with Gasteiger partial charge in [-0.1, -0.05) is 109 Å². The second-order valence-corrected chi connectivity index (χ2v) is 7.77. The van der Waals surface area contributed by atoms with E-state index in [0.717, 1.165) is 0 Å². The van der Waals surface area contributed by atoms with Gasteiger partial charge in [-0.15, -0.1) is 0 Å². The van der Waals surface area contributed by atoms with E-state index in [1.54, 1.807) is 0 Å². The molecule has 1 rings (SSSR count). The zero-order chi connectivity index (χ0) is 17.8. The Kier molecular flexibility index (Phi) is 20.6. The van der Waals surface area contributed by atoms with Crippen LogP contribution >= 0.6 is 0 Å². The van der Waals surface area contributed by atoms with Crippen molar-refractivity contribution in [3.63, 3.8) is 0 Å². The summed E-state index contributed by atoms with van der Waals surface area (Å²) < 4.78 is 2.30. The van der Waals surface area contributed by atoms with E-state index in [1.165, 1.54) is 116 Å². The second-order valence-electron chi connectivity index (χ2n) is 7.77. The fourth-order valence-electron chi connectivity index (χ4n) is 3.60. The molecular weight excluding hydrogens is 382 g/mol. The van der Waals surface area contributed by atoms with E-state index in [1.807, 2.05) is 0 Å². The summed E-state index contributed by atoms with van der Waals surface area (Å²) in [6, 6.07) is 6.33. The van der Waals surface area contributed by atoms with E-state index in [0.29, 0.717) is 0 Å². The molecule has 0 N–H and O–H groups in total. The summed E-state index contributed by atoms with van der Waals surface area (Å²) >= 11 is 0. The van der Waals surface area contributed by atoms with Gasteiger partial charge in [-0.2, -0.15) is 0 Å². The molecule has 0 saturated carbocycles. The van der Waals surface area contributed by atoms with Gasteiger partial charge in [0.1, 0.15) is 6.54 Å². The molecule has 1 aromatic rings. The van der Waals surface area contributed by atoms with Crippen LogP contribution in [0.25, 0.3) is 0 Å². The second kappa shape index (κ2) is 20.9. The first-order valence-electron chi connectivity index (χ1n) is 11.4. The first-order chi connectivity index (χ1) is 12.4. The van der Waals surface area contributed by atoms with E-state index in [-0.39, 0.29) is 17.0 Å². The zero-order valence-electron chi connectivity index (χ0n) is 17.4. The standard InChI is InChI=1S/C24H44N.BrH/c1-2-3-4-5-6-7-8-9-10-11-12-13-14-15-16-17-19-22-25-23-20-18-21-24-25;/h18,20-21,23-24H,2-17,19,22H2,1H3;1H/q+1;/p-1. The average molecular weight is 427 g/mol. The van der Waals surface area contributed by atoms with Crippen molar-refractivity contribution in [2.75, 3.05) is 0 Å². The fraction of sp³-hybridized carbons (Fsp3) is 0.792. The average Bonchev–Trinajstić information content (AvgIpc) is 2.65. The summed E-state index contributed by atoms with van der Waals surface area (Å²) in [7, 11) is 0. The molecule has 0 aromatic carbocycles. The quantitative estimate of drug-likeness (QED) is 0.238. The molecule has 152 valence electrons.